The van der Waals surface area contributed by atoms with Crippen LogP contribution in [0.2, 0.25) is 10.0 Å². The first-order valence-electron chi connectivity index (χ1n) is 11.3. The number of H-pyrrole nitrogens is 1. The average Bonchev–Trinajstić information content (AvgIpc) is 3.47. The summed E-state index contributed by atoms with van der Waals surface area (Å²) in [6, 6.07) is 13.2. The van der Waals surface area contributed by atoms with E-state index < -0.39 is 28.8 Å². The lowest BCUT2D eigenvalue weighted by Gasteiger charge is -2.36. The van der Waals surface area contributed by atoms with Crippen molar-refractivity contribution in [1.29, 1.82) is 0 Å². The van der Waals surface area contributed by atoms with E-state index in [0.717, 1.165) is 34.3 Å². The third kappa shape index (κ3) is 4.12. The van der Waals surface area contributed by atoms with Crippen LogP contribution >= 0.6 is 23.2 Å². The lowest BCUT2D eigenvalue weighted by Crippen LogP contribution is -2.43. The molecule has 0 bridgehead atoms. The van der Waals surface area contributed by atoms with Crippen LogP contribution in [0.5, 0.6) is 11.5 Å². The molecule has 0 aliphatic carbocycles. The number of carbonyl (C=O) groups excluding carboxylic acids is 1. The molecule has 3 heterocycles. The summed E-state index contributed by atoms with van der Waals surface area (Å²) in [4.78, 5) is 18.6. The summed E-state index contributed by atoms with van der Waals surface area (Å²) < 4.78 is 51.5. The zero-order valence-electron chi connectivity index (χ0n) is 19.0. The first-order valence-corrected chi connectivity index (χ1v) is 12.1. The molecule has 4 aromatic rings. The Bertz CT molecular complexity index is 1550. The maximum atomic E-state index is 13.6. The van der Waals surface area contributed by atoms with Gasteiger partial charge in [-0.05, 0) is 42.3 Å². The number of amides is 2. The molecule has 1 atom stereocenters. The first kappa shape index (κ1) is 23.8. The van der Waals surface area contributed by atoms with E-state index >= 15 is 0 Å². The highest BCUT2D eigenvalue weighted by molar-refractivity contribution is 6.31. The Labute approximate surface area is 218 Å². The molecule has 2 N–H and O–H groups in total. The number of hydrogen-bond acceptors (Lipinski definition) is 3. The molecule has 0 saturated heterocycles. The van der Waals surface area contributed by atoms with Gasteiger partial charge in [-0.2, -0.15) is 13.2 Å². The van der Waals surface area contributed by atoms with Gasteiger partial charge in [0.2, 0.25) is 6.79 Å². The molecule has 3 aromatic carbocycles. The first-order chi connectivity index (χ1) is 17.7. The van der Waals surface area contributed by atoms with Crippen LogP contribution in [0.25, 0.3) is 10.9 Å². The fourth-order valence-electron chi connectivity index (χ4n) is 5.00. The molecule has 1 aromatic heterocycles. The number of benzene rings is 3. The fourth-order valence-corrected chi connectivity index (χ4v) is 5.45. The lowest BCUT2D eigenvalue weighted by atomic mass is 9.92. The summed E-state index contributed by atoms with van der Waals surface area (Å²) in [5, 5.41) is 3.59. The predicted octanol–water partition coefficient (Wildman–Crippen LogP) is 7.40. The van der Waals surface area contributed by atoms with Gasteiger partial charge in [0, 0.05) is 45.5 Å². The Morgan fingerprint density at radius 1 is 1.08 bits per heavy atom. The van der Waals surface area contributed by atoms with Crippen molar-refractivity contribution >= 4 is 45.8 Å². The highest BCUT2D eigenvalue weighted by Gasteiger charge is 2.39. The van der Waals surface area contributed by atoms with Crippen molar-refractivity contribution in [2.24, 2.45) is 0 Å². The number of carbonyl (C=O) groups is 1. The molecule has 2 amide bonds. The van der Waals surface area contributed by atoms with Crippen molar-refractivity contribution in [2.75, 3.05) is 18.7 Å². The summed E-state index contributed by atoms with van der Waals surface area (Å²) in [6.07, 6.45) is -4.12. The molecule has 1 unspecified atom stereocenters. The van der Waals surface area contributed by atoms with Gasteiger partial charge in [-0.1, -0.05) is 41.4 Å². The molecule has 6 nitrogen and oxygen atoms in total. The summed E-state index contributed by atoms with van der Waals surface area (Å²) in [6.45, 7) is 0.305. The zero-order valence-corrected chi connectivity index (χ0v) is 20.5. The van der Waals surface area contributed by atoms with Crippen LogP contribution in [-0.2, 0) is 12.6 Å². The summed E-state index contributed by atoms with van der Waals surface area (Å²) in [7, 11) is 0. The van der Waals surface area contributed by atoms with Crippen LogP contribution in [0.4, 0.5) is 23.7 Å². The Hall–Kier alpha value is -3.56. The largest absolute Gasteiger partial charge is 0.454 e. The molecule has 37 heavy (non-hydrogen) atoms. The number of halogens is 5. The molecule has 11 heteroatoms. The van der Waals surface area contributed by atoms with Gasteiger partial charge < -0.3 is 24.7 Å². The highest BCUT2D eigenvalue weighted by Crippen LogP contribution is 2.47. The van der Waals surface area contributed by atoms with Crippen molar-refractivity contribution in [1.82, 2.24) is 9.88 Å². The number of anilines is 1. The van der Waals surface area contributed by atoms with Crippen LogP contribution in [0.15, 0.2) is 54.6 Å². The number of urea groups is 1. The molecule has 190 valence electrons. The molecule has 2 aliphatic heterocycles. The minimum Gasteiger partial charge on any atom is -0.454 e. The standard InChI is InChI=1S/C26H18Cl2F3N3O3/c27-13-9-17(24-21(10-13)36-12-37-24)23-22-16(15-3-1-2-4-20(15)33-22)7-8-34(23)25(35)32-14-5-6-19(28)18(11-14)26(29,30)31/h1-6,9-11,23,33H,7-8,12H2,(H,32,35). The minimum absolute atomic E-state index is 0.00610. The molecule has 2 aliphatic rings. The Balaban J connectivity index is 1.45. The van der Waals surface area contributed by atoms with E-state index in [9.17, 15) is 18.0 Å². The molecular weight excluding hydrogens is 530 g/mol. The second kappa shape index (κ2) is 8.78. The van der Waals surface area contributed by atoms with Gasteiger partial charge in [-0.3, -0.25) is 0 Å². The highest BCUT2D eigenvalue weighted by atomic mass is 35.5. The van der Waals surface area contributed by atoms with Crippen molar-refractivity contribution in [2.45, 2.75) is 18.6 Å². The van der Waals surface area contributed by atoms with Crippen LogP contribution in [0.1, 0.15) is 28.4 Å². The number of hydrogen-bond donors (Lipinski definition) is 2. The third-order valence-electron chi connectivity index (χ3n) is 6.58. The number of aromatic amines is 1. The summed E-state index contributed by atoms with van der Waals surface area (Å²) in [5.74, 6) is 0.920. The SMILES string of the molecule is O=C(Nc1ccc(Cl)c(C(F)(F)F)c1)N1CCc2c([nH]c3ccccc23)C1c1cc(Cl)cc2c1OCO2. The number of rotatable bonds is 2. The summed E-state index contributed by atoms with van der Waals surface area (Å²) in [5.41, 5.74) is 2.27. The fraction of sp³-hybridized carbons (Fsp3) is 0.192. The zero-order chi connectivity index (χ0) is 25.9. The van der Waals surface area contributed by atoms with Gasteiger partial charge in [0.05, 0.1) is 10.6 Å². The number of alkyl halides is 3. The maximum absolute atomic E-state index is 13.6. The van der Waals surface area contributed by atoms with E-state index in [-0.39, 0.29) is 12.5 Å². The van der Waals surface area contributed by atoms with Gasteiger partial charge in [-0.25, -0.2) is 4.79 Å². The van der Waals surface area contributed by atoms with Crippen molar-refractivity contribution in [3.63, 3.8) is 0 Å². The molecule has 6 rings (SSSR count). The van der Waals surface area contributed by atoms with E-state index in [1.807, 2.05) is 24.3 Å². The number of para-hydroxylation sites is 1. The minimum atomic E-state index is -4.66. The van der Waals surface area contributed by atoms with Gasteiger partial charge in [-0.15, -0.1) is 0 Å². The maximum Gasteiger partial charge on any atom is 0.417 e. The smallest absolute Gasteiger partial charge is 0.417 e. The van der Waals surface area contributed by atoms with E-state index in [1.54, 1.807) is 17.0 Å². The lowest BCUT2D eigenvalue weighted by molar-refractivity contribution is -0.137. The molecular formula is C26H18Cl2F3N3O3. The average molecular weight is 548 g/mol. The second-order valence-electron chi connectivity index (χ2n) is 8.76. The van der Waals surface area contributed by atoms with Crippen LogP contribution < -0.4 is 14.8 Å². The van der Waals surface area contributed by atoms with Gasteiger partial charge in [0.25, 0.3) is 0 Å². The topological polar surface area (TPSA) is 66.6 Å². The number of aromatic nitrogens is 1. The number of ether oxygens (including phenoxy) is 2. The van der Waals surface area contributed by atoms with Gasteiger partial charge in [0.15, 0.2) is 11.5 Å². The van der Waals surface area contributed by atoms with Gasteiger partial charge in [0.1, 0.15) is 6.04 Å². The van der Waals surface area contributed by atoms with Crippen molar-refractivity contribution in [3.8, 4) is 11.5 Å². The van der Waals surface area contributed by atoms with Crippen LogP contribution in [0, 0.1) is 0 Å². The molecule has 0 fully saturated rings. The third-order valence-corrected chi connectivity index (χ3v) is 7.13. The quantitative estimate of drug-likeness (QED) is 0.274. The second-order valence-corrected chi connectivity index (χ2v) is 9.60. The van der Waals surface area contributed by atoms with Crippen molar-refractivity contribution in [3.05, 3.63) is 87.0 Å². The monoisotopic (exact) mass is 547 g/mol. The van der Waals surface area contributed by atoms with E-state index in [2.05, 4.69) is 10.3 Å². The number of nitrogens with one attached hydrogen (secondary N) is 2. The number of nitrogens with zero attached hydrogens (tertiary/aromatic N) is 1. The Morgan fingerprint density at radius 2 is 1.89 bits per heavy atom. The van der Waals surface area contributed by atoms with Crippen LogP contribution in [0.3, 0.4) is 0 Å². The predicted molar refractivity (Wildman–Crippen MR) is 134 cm³/mol. The number of fused-ring (bicyclic) bond motifs is 4. The van der Waals surface area contributed by atoms with E-state index in [1.165, 1.54) is 6.07 Å². The van der Waals surface area contributed by atoms with Crippen LogP contribution in [-0.4, -0.2) is 29.3 Å². The van der Waals surface area contributed by atoms with Gasteiger partial charge >= 0.3 is 12.2 Å². The van der Waals surface area contributed by atoms with E-state index in [0.29, 0.717) is 35.1 Å². The summed E-state index contributed by atoms with van der Waals surface area (Å²) >= 11 is 12.1. The molecule has 0 radical (unpaired) electrons. The Kier molecular flexibility index (Phi) is 5.65. The van der Waals surface area contributed by atoms with Crippen molar-refractivity contribution < 1.29 is 27.4 Å². The van der Waals surface area contributed by atoms with E-state index in [4.69, 9.17) is 32.7 Å². The normalized spacial score (nSPS) is 16.7. The molecule has 0 saturated carbocycles. The Morgan fingerprint density at radius 3 is 2.70 bits per heavy atom. The molecule has 0 spiro atoms.